The third-order valence-electron chi connectivity index (χ3n) is 5.68. The number of likely N-dealkylation sites (N-methyl/N-ethyl adjacent to an activating group) is 1. The van der Waals surface area contributed by atoms with E-state index in [4.69, 9.17) is 0 Å². The molecule has 26 heavy (non-hydrogen) atoms. The molecule has 1 aromatic rings. The molecule has 1 heterocycles. The second kappa shape index (κ2) is 6.97. The SMILES string of the molecule is Cc1ccc2c(c1)[C@]1(C=CCC1)C(CCCCNC(=O)C(F)(F)F)N2C. The van der Waals surface area contributed by atoms with E-state index in [1.807, 2.05) is 5.32 Å². The lowest BCUT2D eigenvalue weighted by Crippen LogP contribution is -2.41. The molecule has 2 aliphatic rings. The Morgan fingerprint density at radius 3 is 2.77 bits per heavy atom. The Balaban J connectivity index is 1.63. The minimum absolute atomic E-state index is 0.00528. The number of benzene rings is 1. The molecule has 2 atom stereocenters. The Morgan fingerprint density at radius 2 is 2.12 bits per heavy atom. The minimum atomic E-state index is -4.80. The van der Waals surface area contributed by atoms with Crippen molar-refractivity contribution in [1.29, 1.82) is 0 Å². The summed E-state index contributed by atoms with van der Waals surface area (Å²) in [5.41, 5.74) is 3.86. The molecule has 1 aliphatic carbocycles. The molecule has 1 aliphatic heterocycles. The van der Waals surface area contributed by atoms with Gasteiger partial charge in [0.15, 0.2) is 0 Å². The van der Waals surface area contributed by atoms with E-state index in [0.717, 1.165) is 25.7 Å². The number of amides is 1. The summed E-state index contributed by atoms with van der Waals surface area (Å²) in [6.07, 6.45) is 4.09. The summed E-state index contributed by atoms with van der Waals surface area (Å²) in [5, 5.41) is 1.95. The standard InChI is InChI=1S/C20H25F3N2O/c1-14-8-9-16-15(13-14)19(10-4-5-11-19)17(25(16)2)7-3-6-12-24-18(26)20(21,22)23/h4,8-10,13,17H,3,5-7,11-12H2,1-2H3,(H,24,26)/t17?,19-/m1/s1. The number of fused-ring (bicyclic) bond motifs is 2. The molecule has 6 heteroatoms. The van der Waals surface area contributed by atoms with Gasteiger partial charge in [0.25, 0.3) is 0 Å². The van der Waals surface area contributed by atoms with Gasteiger partial charge in [0.05, 0.1) is 0 Å². The van der Waals surface area contributed by atoms with Crippen LogP contribution in [0.15, 0.2) is 30.4 Å². The minimum Gasteiger partial charge on any atom is -0.370 e. The summed E-state index contributed by atoms with van der Waals surface area (Å²) < 4.78 is 36.6. The lowest BCUT2D eigenvalue weighted by molar-refractivity contribution is -0.173. The molecule has 0 saturated heterocycles. The summed E-state index contributed by atoms with van der Waals surface area (Å²) in [6.45, 7) is 2.16. The van der Waals surface area contributed by atoms with Crippen molar-refractivity contribution in [1.82, 2.24) is 5.32 Å². The maximum atomic E-state index is 12.2. The van der Waals surface area contributed by atoms with Crippen LogP contribution in [0.4, 0.5) is 18.9 Å². The van der Waals surface area contributed by atoms with Crippen molar-refractivity contribution in [2.45, 2.75) is 56.7 Å². The number of hydrogen-bond acceptors (Lipinski definition) is 2. The quantitative estimate of drug-likeness (QED) is 0.624. The largest absolute Gasteiger partial charge is 0.471 e. The van der Waals surface area contributed by atoms with Crippen molar-refractivity contribution in [2.75, 3.05) is 18.5 Å². The summed E-state index contributed by atoms with van der Waals surface area (Å²) in [6, 6.07) is 6.86. The van der Waals surface area contributed by atoms with Crippen molar-refractivity contribution < 1.29 is 18.0 Å². The van der Waals surface area contributed by atoms with Crippen LogP contribution in [0.25, 0.3) is 0 Å². The summed E-state index contributed by atoms with van der Waals surface area (Å²) in [4.78, 5) is 13.2. The predicted octanol–water partition coefficient (Wildman–Crippen LogP) is 4.25. The number of nitrogens with zero attached hydrogens (tertiary/aromatic N) is 1. The lowest BCUT2D eigenvalue weighted by Gasteiger charge is -2.34. The van der Waals surface area contributed by atoms with Crippen molar-refractivity contribution >= 4 is 11.6 Å². The van der Waals surface area contributed by atoms with Gasteiger partial charge in [0, 0.05) is 30.7 Å². The third kappa shape index (κ3) is 3.33. The van der Waals surface area contributed by atoms with Crippen molar-refractivity contribution in [3.8, 4) is 0 Å². The average molecular weight is 366 g/mol. The van der Waals surface area contributed by atoms with Gasteiger partial charge in [-0.05, 0) is 50.7 Å². The Bertz CT molecular complexity index is 713. The molecule has 1 spiro atoms. The Morgan fingerprint density at radius 1 is 1.35 bits per heavy atom. The van der Waals surface area contributed by atoms with Gasteiger partial charge in [-0.25, -0.2) is 0 Å². The summed E-state index contributed by atoms with van der Waals surface area (Å²) >= 11 is 0. The van der Waals surface area contributed by atoms with E-state index in [1.54, 1.807) is 0 Å². The van der Waals surface area contributed by atoms with Gasteiger partial charge in [0.1, 0.15) is 0 Å². The first-order valence-electron chi connectivity index (χ1n) is 9.12. The first-order valence-corrected chi connectivity index (χ1v) is 9.12. The molecule has 0 fully saturated rings. The zero-order valence-corrected chi connectivity index (χ0v) is 15.2. The molecule has 0 radical (unpaired) electrons. The Labute approximate surface area is 152 Å². The topological polar surface area (TPSA) is 32.3 Å². The van der Waals surface area contributed by atoms with Crippen LogP contribution in [0, 0.1) is 6.92 Å². The van der Waals surface area contributed by atoms with Crippen LogP contribution in [-0.2, 0) is 10.2 Å². The second-order valence-corrected chi connectivity index (χ2v) is 7.38. The van der Waals surface area contributed by atoms with Crippen LogP contribution < -0.4 is 10.2 Å². The van der Waals surface area contributed by atoms with Crippen LogP contribution in [-0.4, -0.2) is 31.7 Å². The smallest absolute Gasteiger partial charge is 0.370 e. The third-order valence-corrected chi connectivity index (χ3v) is 5.68. The highest BCUT2D eigenvalue weighted by Gasteiger charge is 2.48. The molecule has 3 nitrogen and oxygen atoms in total. The first-order chi connectivity index (χ1) is 12.3. The zero-order valence-electron chi connectivity index (χ0n) is 15.2. The second-order valence-electron chi connectivity index (χ2n) is 7.38. The number of alkyl halides is 3. The van der Waals surface area contributed by atoms with Gasteiger partial charge in [0.2, 0.25) is 0 Å². The van der Waals surface area contributed by atoms with Gasteiger partial charge in [-0.2, -0.15) is 13.2 Å². The zero-order chi connectivity index (χ0) is 18.9. The van der Waals surface area contributed by atoms with E-state index in [-0.39, 0.29) is 12.0 Å². The maximum absolute atomic E-state index is 12.2. The molecule has 1 amide bonds. The Kier molecular flexibility index (Phi) is 5.04. The number of rotatable bonds is 5. The Hall–Kier alpha value is -1.98. The van der Waals surface area contributed by atoms with Gasteiger partial charge in [-0.1, -0.05) is 29.8 Å². The van der Waals surface area contributed by atoms with E-state index in [9.17, 15) is 18.0 Å². The van der Waals surface area contributed by atoms with Crippen LogP contribution in [0.2, 0.25) is 0 Å². The molecule has 0 aromatic heterocycles. The molecular formula is C20H25F3N2O. The van der Waals surface area contributed by atoms with Crippen LogP contribution in [0.3, 0.4) is 0 Å². The molecule has 3 rings (SSSR count). The number of carbonyl (C=O) groups excluding carboxylic acids is 1. The van der Waals surface area contributed by atoms with E-state index in [2.05, 4.69) is 49.2 Å². The van der Waals surface area contributed by atoms with E-state index >= 15 is 0 Å². The number of aryl methyl sites for hydroxylation is 1. The number of halogens is 3. The molecule has 1 unspecified atom stereocenters. The highest BCUT2D eigenvalue weighted by molar-refractivity contribution is 5.81. The number of allylic oxidation sites excluding steroid dienone is 1. The normalized spacial score (nSPS) is 24.3. The summed E-state index contributed by atoms with van der Waals surface area (Å²) in [5.74, 6) is -1.85. The number of anilines is 1. The van der Waals surface area contributed by atoms with E-state index in [0.29, 0.717) is 12.5 Å². The molecule has 1 N–H and O–H groups in total. The summed E-state index contributed by atoms with van der Waals surface area (Å²) in [7, 11) is 2.10. The fraction of sp³-hybridized carbons (Fsp3) is 0.550. The van der Waals surface area contributed by atoms with Crippen LogP contribution in [0.5, 0.6) is 0 Å². The number of carbonyl (C=O) groups is 1. The monoisotopic (exact) mass is 366 g/mol. The predicted molar refractivity (Wildman–Crippen MR) is 96.3 cm³/mol. The van der Waals surface area contributed by atoms with Gasteiger partial charge < -0.3 is 10.2 Å². The number of nitrogens with one attached hydrogen (secondary N) is 1. The molecule has 0 bridgehead atoms. The highest BCUT2D eigenvalue weighted by Crippen LogP contribution is 2.52. The van der Waals surface area contributed by atoms with Crippen molar-refractivity contribution in [3.05, 3.63) is 41.5 Å². The van der Waals surface area contributed by atoms with E-state index < -0.39 is 12.1 Å². The van der Waals surface area contributed by atoms with Crippen molar-refractivity contribution in [3.63, 3.8) is 0 Å². The molecule has 142 valence electrons. The van der Waals surface area contributed by atoms with E-state index in [1.165, 1.54) is 16.8 Å². The van der Waals surface area contributed by atoms with Crippen LogP contribution in [0.1, 0.15) is 43.2 Å². The van der Waals surface area contributed by atoms with Crippen molar-refractivity contribution in [2.24, 2.45) is 0 Å². The molecular weight excluding hydrogens is 341 g/mol. The number of hydrogen-bond donors (Lipinski definition) is 1. The lowest BCUT2D eigenvalue weighted by atomic mass is 9.74. The fourth-order valence-corrected chi connectivity index (χ4v) is 4.44. The molecule has 0 saturated carbocycles. The van der Waals surface area contributed by atoms with Gasteiger partial charge in [-0.15, -0.1) is 0 Å². The first kappa shape index (κ1) is 18.8. The van der Waals surface area contributed by atoms with Gasteiger partial charge >= 0.3 is 12.1 Å². The maximum Gasteiger partial charge on any atom is 0.471 e. The molecule has 1 aromatic carbocycles. The average Bonchev–Trinajstić information content (AvgIpc) is 3.14. The van der Waals surface area contributed by atoms with Crippen LogP contribution >= 0.6 is 0 Å². The highest BCUT2D eigenvalue weighted by atomic mass is 19.4. The van der Waals surface area contributed by atoms with Gasteiger partial charge in [-0.3, -0.25) is 4.79 Å². The number of unbranched alkanes of at least 4 members (excludes halogenated alkanes) is 1. The fourth-order valence-electron chi connectivity index (χ4n) is 4.44.